The van der Waals surface area contributed by atoms with Crippen LogP contribution in [0.2, 0.25) is 0 Å². The zero-order valence-electron chi connectivity index (χ0n) is 8.52. The van der Waals surface area contributed by atoms with Crippen molar-refractivity contribution in [1.29, 1.82) is 0 Å². The van der Waals surface area contributed by atoms with Gasteiger partial charge in [0.15, 0.2) is 0 Å². The second kappa shape index (κ2) is 3.53. The summed E-state index contributed by atoms with van der Waals surface area (Å²) in [6.45, 7) is 6.22. The minimum absolute atomic E-state index is 0.572. The first-order chi connectivity index (χ1) is 6.66. The van der Waals surface area contributed by atoms with Crippen LogP contribution in [0.15, 0.2) is 22.9 Å². The molecule has 2 rings (SSSR count). The van der Waals surface area contributed by atoms with Crippen LogP contribution in [0.4, 0.5) is 0 Å². The first-order valence-corrected chi connectivity index (χ1v) is 5.42. The quantitative estimate of drug-likeness (QED) is 0.711. The molecule has 0 unspecified atom stereocenters. The molecule has 0 radical (unpaired) electrons. The van der Waals surface area contributed by atoms with Gasteiger partial charge < -0.3 is 4.42 Å². The third-order valence-corrected chi connectivity index (χ3v) is 3.35. The molecule has 0 fully saturated rings. The van der Waals surface area contributed by atoms with Crippen molar-refractivity contribution in [1.82, 2.24) is 5.10 Å². The summed E-state index contributed by atoms with van der Waals surface area (Å²) in [5.41, 5.74) is 0. The lowest BCUT2D eigenvalue weighted by atomic mass is 10.2. The average Bonchev–Trinajstić information content (AvgIpc) is 2.70. The highest BCUT2D eigenvalue weighted by Crippen LogP contribution is 2.23. The van der Waals surface area contributed by atoms with Crippen molar-refractivity contribution in [3.05, 3.63) is 29.3 Å². The van der Waals surface area contributed by atoms with E-state index in [9.17, 15) is 0 Å². The van der Waals surface area contributed by atoms with Gasteiger partial charge in [-0.1, -0.05) is 25.2 Å². The van der Waals surface area contributed by atoms with Crippen molar-refractivity contribution < 1.29 is 9.10 Å². The van der Waals surface area contributed by atoms with Crippen LogP contribution < -0.4 is 4.68 Å². The molecule has 0 aliphatic rings. The molecule has 0 aliphatic heterocycles. The van der Waals surface area contributed by atoms with E-state index in [1.54, 1.807) is 22.4 Å². The highest BCUT2D eigenvalue weighted by molar-refractivity contribution is 7.14. The monoisotopic (exact) mass is 209 g/mol. The van der Waals surface area contributed by atoms with E-state index in [1.807, 2.05) is 6.92 Å². The third kappa shape index (κ3) is 1.70. The van der Waals surface area contributed by atoms with E-state index in [0.717, 1.165) is 5.00 Å². The van der Waals surface area contributed by atoms with Gasteiger partial charge in [-0.2, -0.15) is 0 Å². The Morgan fingerprint density at radius 3 is 2.71 bits per heavy atom. The van der Waals surface area contributed by atoms with E-state index < -0.39 is 0 Å². The maximum absolute atomic E-state index is 5.15. The molecule has 2 aromatic rings. The molecule has 0 aromatic carbocycles. The Labute approximate surface area is 87.0 Å². The van der Waals surface area contributed by atoms with Gasteiger partial charge in [-0.15, -0.1) is 0 Å². The van der Waals surface area contributed by atoms with Crippen molar-refractivity contribution in [3.8, 4) is 5.00 Å². The molecule has 0 atom stereocenters. The second-order valence-corrected chi connectivity index (χ2v) is 4.61. The molecular weight excluding hydrogens is 196 g/mol. The fraction of sp³-hybridized carbons (Fsp3) is 0.400. The number of nitrogens with zero attached hydrogens (tertiary/aromatic N) is 2. The first-order valence-electron chi connectivity index (χ1n) is 4.61. The summed E-state index contributed by atoms with van der Waals surface area (Å²) < 4.78 is 6.92. The molecule has 0 aliphatic carbocycles. The van der Waals surface area contributed by atoms with E-state index in [2.05, 4.69) is 31.1 Å². The van der Waals surface area contributed by atoms with Crippen LogP contribution in [0, 0.1) is 6.92 Å². The summed E-state index contributed by atoms with van der Waals surface area (Å²) >= 11 is 1.75. The van der Waals surface area contributed by atoms with E-state index >= 15 is 0 Å². The largest absolute Gasteiger partial charge is 0.388 e. The Morgan fingerprint density at radius 1 is 1.43 bits per heavy atom. The predicted octanol–water partition coefficient (Wildman–Crippen LogP) is 2.44. The summed E-state index contributed by atoms with van der Waals surface area (Å²) in [7, 11) is 0. The van der Waals surface area contributed by atoms with E-state index in [0.29, 0.717) is 11.8 Å². The summed E-state index contributed by atoms with van der Waals surface area (Å²) in [4.78, 5) is 1.37. The fourth-order valence-electron chi connectivity index (χ4n) is 1.20. The van der Waals surface area contributed by atoms with Gasteiger partial charge in [0.1, 0.15) is 0 Å². The average molecular weight is 209 g/mol. The number of thiophene rings is 1. The molecule has 0 bridgehead atoms. The number of aryl methyl sites for hydroxylation is 1. The van der Waals surface area contributed by atoms with Gasteiger partial charge in [-0.25, -0.2) is 0 Å². The minimum Gasteiger partial charge on any atom is -0.388 e. The molecule has 0 saturated carbocycles. The van der Waals surface area contributed by atoms with Crippen molar-refractivity contribution in [2.45, 2.75) is 26.7 Å². The summed E-state index contributed by atoms with van der Waals surface area (Å²) in [6, 6.07) is 4.21. The van der Waals surface area contributed by atoms with Crippen LogP contribution in [-0.2, 0) is 0 Å². The Hall–Kier alpha value is -1.16. The van der Waals surface area contributed by atoms with Crippen LogP contribution in [0.25, 0.3) is 5.00 Å². The van der Waals surface area contributed by atoms with Gasteiger partial charge in [0.2, 0.25) is 0 Å². The standard InChI is InChI=1S/C10H13N2OS/c1-7(2)9-4-5-10(14-9)12-6-13-8(3)11-12/h4-7H,1-3H3/q+1. The Kier molecular flexibility index (Phi) is 2.37. The lowest BCUT2D eigenvalue weighted by Gasteiger charge is -1.95. The summed E-state index contributed by atoms with van der Waals surface area (Å²) in [5, 5.41) is 5.32. The van der Waals surface area contributed by atoms with Gasteiger partial charge in [0.05, 0.1) is 0 Å². The molecule has 0 saturated heterocycles. The molecule has 0 N–H and O–H groups in total. The highest BCUT2D eigenvalue weighted by Gasteiger charge is 2.15. The van der Waals surface area contributed by atoms with Crippen LogP contribution in [0.3, 0.4) is 0 Å². The lowest BCUT2D eigenvalue weighted by Crippen LogP contribution is -2.30. The third-order valence-electron chi connectivity index (χ3n) is 1.98. The minimum atomic E-state index is 0.572. The smallest absolute Gasteiger partial charge is 0.368 e. The zero-order valence-corrected chi connectivity index (χ0v) is 9.34. The molecule has 3 nitrogen and oxygen atoms in total. The van der Waals surface area contributed by atoms with E-state index in [4.69, 9.17) is 4.42 Å². The zero-order chi connectivity index (χ0) is 10.1. The van der Waals surface area contributed by atoms with Gasteiger partial charge in [-0.3, -0.25) is 0 Å². The first kappa shape index (κ1) is 9.40. The van der Waals surface area contributed by atoms with Crippen LogP contribution >= 0.6 is 11.3 Å². The Bertz CT molecular complexity index is 431. The number of aromatic nitrogens is 2. The molecule has 2 heterocycles. The van der Waals surface area contributed by atoms with Gasteiger partial charge in [0, 0.05) is 23.0 Å². The number of hydrogen-bond donors (Lipinski definition) is 0. The SMILES string of the molecule is Cc1n[n+](-c2ccc(C(C)C)s2)co1. The Morgan fingerprint density at radius 2 is 2.21 bits per heavy atom. The van der Waals surface area contributed by atoms with Gasteiger partial charge in [0.25, 0.3) is 10.9 Å². The highest BCUT2D eigenvalue weighted by atomic mass is 32.1. The summed E-state index contributed by atoms with van der Waals surface area (Å²) in [5.74, 6) is 1.26. The molecule has 0 amide bonds. The summed E-state index contributed by atoms with van der Waals surface area (Å²) in [6.07, 6.45) is 1.63. The maximum Gasteiger partial charge on any atom is 0.368 e. The van der Waals surface area contributed by atoms with Crippen molar-refractivity contribution in [2.24, 2.45) is 0 Å². The van der Waals surface area contributed by atoms with Crippen LogP contribution in [0.5, 0.6) is 0 Å². The predicted molar refractivity (Wildman–Crippen MR) is 54.7 cm³/mol. The normalized spacial score (nSPS) is 11.1. The van der Waals surface area contributed by atoms with Crippen LogP contribution in [-0.4, -0.2) is 5.10 Å². The number of rotatable bonds is 2. The van der Waals surface area contributed by atoms with E-state index in [1.165, 1.54) is 4.88 Å². The van der Waals surface area contributed by atoms with Crippen molar-refractivity contribution in [3.63, 3.8) is 0 Å². The maximum atomic E-state index is 5.15. The number of hydrogen-bond acceptors (Lipinski definition) is 3. The molecule has 4 heteroatoms. The van der Waals surface area contributed by atoms with Gasteiger partial charge in [-0.05, 0) is 16.7 Å². The lowest BCUT2D eigenvalue weighted by molar-refractivity contribution is -0.656. The molecule has 14 heavy (non-hydrogen) atoms. The van der Waals surface area contributed by atoms with Crippen molar-refractivity contribution >= 4 is 11.3 Å². The van der Waals surface area contributed by atoms with Gasteiger partial charge >= 0.3 is 6.39 Å². The molecule has 74 valence electrons. The van der Waals surface area contributed by atoms with E-state index in [-0.39, 0.29) is 0 Å². The topological polar surface area (TPSA) is 29.9 Å². The molecule has 2 aromatic heterocycles. The second-order valence-electron chi connectivity index (χ2n) is 3.52. The van der Waals surface area contributed by atoms with Crippen molar-refractivity contribution in [2.75, 3.05) is 0 Å². The molecular formula is C10H13N2OS+. The Balaban J connectivity index is 2.33. The van der Waals surface area contributed by atoms with Crippen LogP contribution in [0.1, 0.15) is 30.5 Å². The fourth-order valence-corrected chi connectivity index (χ4v) is 2.13. The molecule has 0 spiro atoms.